The van der Waals surface area contributed by atoms with Crippen LogP contribution >= 0.6 is 11.3 Å². The number of ether oxygens (including phenoxy) is 2. The molecule has 0 unspecified atom stereocenters. The standard InChI is InChI=1S/C25H26N2O4S/c1-2-30-21-6-3-4-7-22(21)31-20-13-15-27(16-14-20)25(29)18-9-11-19(12-10-18)26-24(28)23-8-5-17-32-23/h3-12,17,20H,2,13-16H2,1H3,(H,26,28). The zero-order chi connectivity index (χ0) is 22.3. The molecule has 0 bridgehead atoms. The summed E-state index contributed by atoms with van der Waals surface area (Å²) < 4.78 is 11.8. The molecular weight excluding hydrogens is 424 g/mol. The van der Waals surface area contributed by atoms with Gasteiger partial charge in [0, 0.05) is 37.2 Å². The van der Waals surface area contributed by atoms with E-state index >= 15 is 0 Å². The lowest BCUT2D eigenvalue weighted by Crippen LogP contribution is -2.41. The third-order valence-corrected chi connectivity index (χ3v) is 6.18. The molecule has 1 saturated heterocycles. The van der Waals surface area contributed by atoms with E-state index in [0.717, 1.165) is 24.3 Å². The van der Waals surface area contributed by atoms with E-state index in [-0.39, 0.29) is 17.9 Å². The topological polar surface area (TPSA) is 67.9 Å². The van der Waals surface area contributed by atoms with E-state index in [9.17, 15) is 9.59 Å². The average Bonchev–Trinajstić information content (AvgIpc) is 3.36. The number of likely N-dealkylation sites (tertiary alicyclic amines) is 1. The van der Waals surface area contributed by atoms with Gasteiger partial charge in [-0.25, -0.2) is 0 Å². The summed E-state index contributed by atoms with van der Waals surface area (Å²) in [5.74, 6) is 1.35. The van der Waals surface area contributed by atoms with Crippen LogP contribution in [0.4, 0.5) is 5.69 Å². The van der Waals surface area contributed by atoms with Crippen LogP contribution in [0.1, 0.15) is 39.8 Å². The van der Waals surface area contributed by atoms with Crippen molar-refractivity contribution < 1.29 is 19.1 Å². The minimum atomic E-state index is -0.146. The lowest BCUT2D eigenvalue weighted by Gasteiger charge is -2.32. The lowest BCUT2D eigenvalue weighted by molar-refractivity contribution is 0.0589. The Bertz CT molecular complexity index is 1040. The van der Waals surface area contributed by atoms with Crippen molar-refractivity contribution in [3.05, 3.63) is 76.5 Å². The molecule has 1 aliphatic rings. The van der Waals surface area contributed by atoms with Crippen LogP contribution in [0.5, 0.6) is 11.5 Å². The van der Waals surface area contributed by atoms with E-state index in [0.29, 0.717) is 35.8 Å². The normalized spacial score (nSPS) is 14.1. The van der Waals surface area contributed by atoms with Gasteiger partial charge in [-0.2, -0.15) is 0 Å². The van der Waals surface area contributed by atoms with Crippen molar-refractivity contribution in [1.82, 2.24) is 4.90 Å². The number of nitrogens with one attached hydrogen (secondary N) is 1. The van der Waals surface area contributed by atoms with Crippen LogP contribution in [0.3, 0.4) is 0 Å². The summed E-state index contributed by atoms with van der Waals surface area (Å²) in [4.78, 5) is 27.6. The SMILES string of the molecule is CCOc1ccccc1OC1CCN(C(=O)c2ccc(NC(=O)c3cccs3)cc2)CC1. The second kappa shape index (κ2) is 10.3. The molecule has 0 spiro atoms. The number of piperidine rings is 1. The van der Waals surface area contributed by atoms with Crippen LogP contribution in [0.2, 0.25) is 0 Å². The van der Waals surface area contributed by atoms with Crippen molar-refractivity contribution >= 4 is 28.8 Å². The number of hydrogen-bond donors (Lipinski definition) is 1. The molecule has 1 N–H and O–H groups in total. The number of para-hydroxylation sites is 2. The number of anilines is 1. The highest BCUT2D eigenvalue weighted by atomic mass is 32.1. The molecule has 6 nitrogen and oxygen atoms in total. The number of hydrogen-bond acceptors (Lipinski definition) is 5. The van der Waals surface area contributed by atoms with Gasteiger partial charge in [0.05, 0.1) is 11.5 Å². The summed E-state index contributed by atoms with van der Waals surface area (Å²) in [6, 6.07) is 18.3. The quantitative estimate of drug-likeness (QED) is 0.545. The highest BCUT2D eigenvalue weighted by molar-refractivity contribution is 7.12. The van der Waals surface area contributed by atoms with E-state index in [1.54, 1.807) is 30.3 Å². The van der Waals surface area contributed by atoms with Gasteiger partial charge in [0.15, 0.2) is 11.5 Å². The molecule has 0 aliphatic carbocycles. The van der Waals surface area contributed by atoms with Gasteiger partial charge >= 0.3 is 0 Å². The average molecular weight is 451 g/mol. The molecule has 7 heteroatoms. The number of carbonyl (C=O) groups is 2. The predicted molar refractivity (Wildman–Crippen MR) is 126 cm³/mol. The van der Waals surface area contributed by atoms with E-state index in [2.05, 4.69) is 5.32 Å². The maximum absolute atomic E-state index is 12.9. The molecule has 1 fully saturated rings. The molecule has 2 heterocycles. The molecule has 3 aromatic rings. The summed E-state index contributed by atoms with van der Waals surface area (Å²) in [7, 11) is 0. The van der Waals surface area contributed by atoms with Gasteiger partial charge in [-0.3, -0.25) is 9.59 Å². The molecular formula is C25H26N2O4S. The fourth-order valence-electron chi connectivity index (χ4n) is 3.66. The summed E-state index contributed by atoms with van der Waals surface area (Å²) in [6.07, 6.45) is 1.58. The highest BCUT2D eigenvalue weighted by Gasteiger charge is 2.25. The first-order chi connectivity index (χ1) is 15.6. The molecule has 0 radical (unpaired) electrons. The summed E-state index contributed by atoms with van der Waals surface area (Å²) in [6.45, 7) is 3.81. The van der Waals surface area contributed by atoms with Crippen molar-refractivity contribution in [2.24, 2.45) is 0 Å². The Morgan fingerprint density at radius 1 is 1.00 bits per heavy atom. The highest BCUT2D eigenvalue weighted by Crippen LogP contribution is 2.29. The molecule has 1 aromatic heterocycles. The molecule has 2 aromatic carbocycles. The Labute approximate surface area is 191 Å². The van der Waals surface area contributed by atoms with Gasteiger partial charge in [0.1, 0.15) is 6.10 Å². The van der Waals surface area contributed by atoms with Crippen molar-refractivity contribution in [3.8, 4) is 11.5 Å². The van der Waals surface area contributed by atoms with Crippen LogP contribution < -0.4 is 14.8 Å². The third kappa shape index (κ3) is 5.29. The number of amides is 2. The maximum atomic E-state index is 12.9. The lowest BCUT2D eigenvalue weighted by atomic mass is 10.1. The fourth-order valence-corrected chi connectivity index (χ4v) is 4.28. The Morgan fingerprint density at radius 2 is 1.72 bits per heavy atom. The number of benzene rings is 2. The minimum absolute atomic E-state index is 0.00528. The van der Waals surface area contributed by atoms with Gasteiger partial charge in [-0.15, -0.1) is 11.3 Å². The Kier molecular flexibility index (Phi) is 7.07. The van der Waals surface area contributed by atoms with E-state index < -0.39 is 0 Å². The van der Waals surface area contributed by atoms with Crippen LogP contribution in [0.25, 0.3) is 0 Å². The van der Waals surface area contributed by atoms with Gasteiger partial charge in [0.25, 0.3) is 11.8 Å². The van der Waals surface area contributed by atoms with E-state index in [1.165, 1.54) is 11.3 Å². The monoisotopic (exact) mass is 450 g/mol. The number of thiophene rings is 1. The Hall–Kier alpha value is -3.32. The summed E-state index contributed by atoms with van der Waals surface area (Å²) >= 11 is 1.39. The Morgan fingerprint density at radius 3 is 2.38 bits per heavy atom. The van der Waals surface area contributed by atoms with Crippen LogP contribution in [-0.2, 0) is 0 Å². The smallest absolute Gasteiger partial charge is 0.265 e. The number of carbonyl (C=O) groups excluding carboxylic acids is 2. The summed E-state index contributed by atoms with van der Waals surface area (Å²) in [5, 5.41) is 4.72. The van der Waals surface area contributed by atoms with Gasteiger partial charge in [-0.1, -0.05) is 18.2 Å². The van der Waals surface area contributed by atoms with Crippen LogP contribution in [0.15, 0.2) is 66.0 Å². The predicted octanol–water partition coefficient (Wildman–Crippen LogP) is 5.08. The number of nitrogens with zero attached hydrogens (tertiary/aromatic N) is 1. The third-order valence-electron chi connectivity index (χ3n) is 5.31. The van der Waals surface area contributed by atoms with Crippen LogP contribution in [0, 0.1) is 0 Å². The zero-order valence-electron chi connectivity index (χ0n) is 18.0. The van der Waals surface area contributed by atoms with E-state index in [4.69, 9.17) is 9.47 Å². The van der Waals surface area contributed by atoms with Crippen molar-refractivity contribution in [2.75, 3.05) is 25.0 Å². The molecule has 4 rings (SSSR count). The first kappa shape index (κ1) is 21.9. The molecule has 2 amide bonds. The van der Waals surface area contributed by atoms with Crippen molar-refractivity contribution in [3.63, 3.8) is 0 Å². The first-order valence-corrected chi connectivity index (χ1v) is 11.6. The number of rotatable bonds is 7. The largest absolute Gasteiger partial charge is 0.490 e. The zero-order valence-corrected chi connectivity index (χ0v) is 18.8. The van der Waals surface area contributed by atoms with Gasteiger partial charge in [-0.05, 0) is 54.8 Å². The minimum Gasteiger partial charge on any atom is -0.490 e. The maximum Gasteiger partial charge on any atom is 0.265 e. The fraction of sp³-hybridized carbons (Fsp3) is 0.280. The first-order valence-electron chi connectivity index (χ1n) is 10.8. The summed E-state index contributed by atoms with van der Waals surface area (Å²) in [5.41, 5.74) is 1.28. The van der Waals surface area contributed by atoms with Crippen molar-refractivity contribution in [2.45, 2.75) is 25.9 Å². The van der Waals surface area contributed by atoms with Crippen molar-refractivity contribution in [1.29, 1.82) is 0 Å². The Balaban J connectivity index is 1.30. The second-order valence-corrected chi connectivity index (χ2v) is 8.45. The molecule has 0 saturated carbocycles. The molecule has 32 heavy (non-hydrogen) atoms. The van der Waals surface area contributed by atoms with E-state index in [1.807, 2.05) is 47.5 Å². The molecule has 1 aliphatic heterocycles. The molecule has 166 valence electrons. The van der Waals surface area contributed by atoms with Crippen LogP contribution in [-0.4, -0.2) is 42.5 Å². The van der Waals surface area contributed by atoms with Gasteiger partial charge in [0.2, 0.25) is 0 Å². The van der Waals surface area contributed by atoms with Gasteiger partial charge < -0.3 is 19.7 Å². The second-order valence-electron chi connectivity index (χ2n) is 7.50. The molecule has 0 atom stereocenters.